The first-order valence-corrected chi connectivity index (χ1v) is 6.46. The molecule has 0 saturated heterocycles. The molecule has 0 radical (unpaired) electrons. The van der Waals surface area contributed by atoms with E-state index in [0.29, 0.717) is 29.2 Å². The van der Waals surface area contributed by atoms with Crippen molar-refractivity contribution in [3.63, 3.8) is 0 Å². The molecule has 1 aromatic heterocycles. The van der Waals surface area contributed by atoms with Crippen LogP contribution in [0, 0.1) is 13.8 Å². The molecule has 2 rings (SSSR count). The minimum atomic E-state index is -1.09. The van der Waals surface area contributed by atoms with E-state index in [-0.39, 0.29) is 11.1 Å². The molecule has 0 unspecified atom stereocenters. The van der Waals surface area contributed by atoms with Crippen LogP contribution in [0.15, 0.2) is 24.3 Å². The number of carbonyl (C=O) groups excluding carboxylic acids is 1. The SMILES string of the molecule is Cc1c(C=O)c(C(=O)O)c(C)n1Cc1ccccc1Cl. The Labute approximate surface area is 121 Å². The summed E-state index contributed by atoms with van der Waals surface area (Å²) in [6, 6.07) is 7.36. The highest BCUT2D eigenvalue weighted by Gasteiger charge is 2.22. The summed E-state index contributed by atoms with van der Waals surface area (Å²) in [5, 5.41) is 9.85. The highest BCUT2D eigenvalue weighted by molar-refractivity contribution is 6.31. The minimum absolute atomic E-state index is 0.0598. The third-order valence-corrected chi connectivity index (χ3v) is 3.82. The van der Waals surface area contributed by atoms with Gasteiger partial charge < -0.3 is 9.67 Å². The molecule has 0 aliphatic heterocycles. The summed E-state index contributed by atoms with van der Waals surface area (Å²) in [5.74, 6) is -1.09. The maximum Gasteiger partial charge on any atom is 0.338 e. The van der Waals surface area contributed by atoms with Crippen molar-refractivity contribution in [1.82, 2.24) is 4.57 Å². The van der Waals surface area contributed by atoms with E-state index in [9.17, 15) is 14.7 Å². The van der Waals surface area contributed by atoms with E-state index in [0.717, 1.165) is 5.56 Å². The van der Waals surface area contributed by atoms with Gasteiger partial charge in [-0.1, -0.05) is 29.8 Å². The van der Waals surface area contributed by atoms with Crippen LogP contribution in [0.1, 0.15) is 37.7 Å². The number of nitrogens with zero attached hydrogens (tertiary/aromatic N) is 1. The van der Waals surface area contributed by atoms with Gasteiger partial charge in [0.05, 0.1) is 5.56 Å². The fraction of sp³-hybridized carbons (Fsp3) is 0.200. The van der Waals surface area contributed by atoms with Gasteiger partial charge >= 0.3 is 5.97 Å². The van der Waals surface area contributed by atoms with Gasteiger partial charge in [0.2, 0.25) is 0 Å². The lowest BCUT2D eigenvalue weighted by Crippen LogP contribution is -2.06. The molecule has 0 bridgehead atoms. The quantitative estimate of drug-likeness (QED) is 0.879. The summed E-state index contributed by atoms with van der Waals surface area (Å²) in [4.78, 5) is 22.4. The van der Waals surface area contributed by atoms with Gasteiger partial charge in [-0.2, -0.15) is 0 Å². The molecule has 104 valence electrons. The number of hydrogen-bond donors (Lipinski definition) is 1. The molecule has 0 aliphatic carbocycles. The first-order chi connectivity index (χ1) is 9.47. The molecule has 0 saturated carbocycles. The average molecular weight is 292 g/mol. The molecule has 1 heterocycles. The Bertz CT molecular complexity index is 689. The van der Waals surface area contributed by atoms with Gasteiger partial charge in [0.1, 0.15) is 0 Å². The van der Waals surface area contributed by atoms with Crippen LogP contribution in [-0.4, -0.2) is 21.9 Å². The smallest absolute Gasteiger partial charge is 0.338 e. The molecular formula is C15H14ClNO3. The molecule has 0 fully saturated rings. The molecular weight excluding hydrogens is 278 g/mol. The largest absolute Gasteiger partial charge is 0.478 e. The van der Waals surface area contributed by atoms with Crippen LogP contribution in [0.3, 0.4) is 0 Å². The number of benzene rings is 1. The number of carbonyl (C=O) groups is 2. The van der Waals surface area contributed by atoms with Crippen molar-refractivity contribution >= 4 is 23.9 Å². The van der Waals surface area contributed by atoms with Crippen molar-refractivity contribution < 1.29 is 14.7 Å². The lowest BCUT2D eigenvalue weighted by Gasteiger charge is -2.11. The summed E-state index contributed by atoms with van der Waals surface area (Å²) in [7, 11) is 0. The molecule has 1 N–H and O–H groups in total. The molecule has 0 amide bonds. The molecule has 0 spiro atoms. The predicted molar refractivity (Wildman–Crippen MR) is 76.8 cm³/mol. The number of aromatic nitrogens is 1. The summed E-state index contributed by atoms with van der Waals surface area (Å²) in [6.07, 6.45) is 0.592. The van der Waals surface area contributed by atoms with Crippen molar-refractivity contribution in [3.8, 4) is 0 Å². The molecule has 20 heavy (non-hydrogen) atoms. The van der Waals surface area contributed by atoms with Gasteiger partial charge in [-0.05, 0) is 25.5 Å². The first-order valence-electron chi connectivity index (χ1n) is 6.09. The van der Waals surface area contributed by atoms with Gasteiger partial charge in [0.15, 0.2) is 6.29 Å². The molecule has 0 aliphatic rings. The second-order valence-electron chi connectivity index (χ2n) is 4.56. The number of hydrogen-bond acceptors (Lipinski definition) is 2. The van der Waals surface area contributed by atoms with Gasteiger partial charge in [0, 0.05) is 28.5 Å². The van der Waals surface area contributed by atoms with Crippen LogP contribution < -0.4 is 0 Å². The number of carboxylic acids is 1. The van der Waals surface area contributed by atoms with E-state index in [1.807, 2.05) is 18.2 Å². The van der Waals surface area contributed by atoms with Crippen LogP contribution in [0.25, 0.3) is 0 Å². The van der Waals surface area contributed by atoms with Crippen LogP contribution in [0.4, 0.5) is 0 Å². The van der Waals surface area contributed by atoms with Crippen LogP contribution in [-0.2, 0) is 6.54 Å². The van der Waals surface area contributed by atoms with Crippen LogP contribution in [0.2, 0.25) is 5.02 Å². The number of halogens is 1. The maximum absolute atomic E-state index is 11.3. The Morgan fingerprint density at radius 3 is 2.45 bits per heavy atom. The number of aromatic carboxylic acids is 1. The topological polar surface area (TPSA) is 59.3 Å². The first kappa shape index (κ1) is 14.3. The second kappa shape index (κ2) is 5.51. The Kier molecular flexibility index (Phi) is 3.95. The monoisotopic (exact) mass is 291 g/mol. The molecule has 4 nitrogen and oxygen atoms in total. The fourth-order valence-corrected chi connectivity index (χ4v) is 2.55. The van der Waals surface area contributed by atoms with Crippen LogP contribution in [0.5, 0.6) is 0 Å². The predicted octanol–water partition coefficient (Wildman–Crippen LogP) is 3.32. The van der Waals surface area contributed by atoms with Crippen molar-refractivity contribution in [3.05, 3.63) is 57.4 Å². The average Bonchev–Trinajstić information content (AvgIpc) is 2.65. The normalized spacial score (nSPS) is 10.6. The molecule has 2 aromatic rings. The van der Waals surface area contributed by atoms with Gasteiger partial charge in [-0.15, -0.1) is 0 Å². The lowest BCUT2D eigenvalue weighted by atomic mass is 10.1. The fourth-order valence-electron chi connectivity index (χ4n) is 2.36. The number of rotatable bonds is 4. The van der Waals surface area contributed by atoms with Gasteiger partial charge in [-0.3, -0.25) is 4.79 Å². The zero-order valence-electron chi connectivity index (χ0n) is 11.2. The summed E-state index contributed by atoms with van der Waals surface area (Å²) < 4.78 is 1.80. The van der Waals surface area contributed by atoms with Crippen molar-refractivity contribution in [2.24, 2.45) is 0 Å². The minimum Gasteiger partial charge on any atom is -0.478 e. The summed E-state index contributed by atoms with van der Waals surface area (Å²) in [6.45, 7) is 3.87. The Balaban J connectivity index is 2.56. The van der Waals surface area contributed by atoms with E-state index >= 15 is 0 Å². The molecule has 0 atom stereocenters. The molecule has 1 aromatic carbocycles. The Morgan fingerprint density at radius 2 is 1.95 bits per heavy atom. The van der Waals surface area contributed by atoms with E-state index in [1.165, 1.54) is 0 Å². The van der Waals surface area contributed by atoms with E-state index in [4.69, 9.17) is 11.6 Å². The third kappa shape index (κ3) is 2.34. The standard InChI is InChI=1S/C15H14ClNO3/c1-9-12(8-18)14(15(19)20)10(2)17(9)7-11-5-3-4-6-13(11)16/h3-6,8H,7H2,1-2H3,(H,19,20). The maximum atomic E-state index is 11.3. The highest BCUT2D eigenvalue weighted by Crippen LogP contribution is 2.24. The highest BCUT2D eigenvalue weighted by atomic mass is 35.5. The number of aldehydes is 1. The van der Waals surface area contributed by atoms with E-state index in [1.54, 1.807) is 24.5 Å². The Hall–Kier alpha value is -2.07. The molecule has 5 heteroatoms. The van der Waals surface area contributed by atoms with Gasteiger partial charge in [-0.25, -0.2) is 4.79 Å². The summed E-state index contributed by atoms with van der Waals surface area (Å²) in [5.41, 5.74) is 2.35. The lowest BCUT2D eigenvalue weighted by molar-refractivity contribution is 0.0693. The van der Waals surface area contributed by atoms with Crippen molar-refractivity contribution in [1.29, 1.82) is 0 Å². The summed E-state index contributed by atoms with van der Waals surface area (Å²) >= 11 is 6.12. The van der Waals surface area contributed by atoms with Crippen molar-refractivity contribution in [2.75, 3.05) is 0 Å². The van der Waals surface area contributed by atoms with Crippen LogP contribution >= 0.6 is 11.6 Å². The number of carboxylic acid groups (broad SMARTS) is 1. The van der Waals surface area contributed by atoms with E-state index < -0.39 is 5.97 Å². The zero-order chi connectivity index (χ0) is 14.9. The Morgan fingerprint density at radius 1 is 1.30 bits per heavy atom. The van der Waals surface area contributed by atoms with Gasteiger partial charge in [0.25, 0.3) is 0 Å². The zero-order valence-corrected chi connectivity index (χ0v) is 11.9. The van der Waals surface area contributed by atoms with Crippen molar-refractivity contribution in [2.45, 2.75) is 20.4 Å². The van der Waals surface area contributed by atoms with E-state index in [2.05, 4.69) is 0 Å². The third-order valence-electron chi connectivity index (χ3n) is 3.45. The second-order valence-corrected chi connectivity index (χ2v) is 4.97.